The summed E-state index contributed by atoms with van der Waals surface area (Å²) < 4.78 is 34.0. The van der Waals surface area contributed by atoms with Gasteiger partial charge in [-0.1, -0.05) is 17.4 Å². The van der Waals surface area contributed by atoms with Crippen molar-refractivity contribution >= 4 is 42.6 Å². The van der Waals surface area contributed by atoms with E-state index in [0.717, 1.165) is 28.6 Å². The molecule has 0 spiro atoms. The molecule has 3 aromatic rings. The number of fused-ring (bicyclic) bond motifs is 1. The molecule has 0 N–H and O–H groups in total. The van der Waals surface area contributed by atoms with Crippen LogP contribution in [0.1, 0.15) is 28.8 Å². The summed E-state index contributed by atoms with van der Waals surface area (Å²) in [6.45, 7) is 4.16. The number of carbonyl (C=O) groups is 1. The van der Waals surface area contributed by atoms with Crippen molar-refractivity contribution in [3.05, 3.63) is 53.6 Å². The number of amides is 1. The molecule has 2 heterocycles. The Balaban J connectivity index is 1.56. The minimum Gasteiger partial charge on any atom is -0.377 e. The topological polar surface area (TPSA) is 83.1 Å². The smallest absolute Gasteiger partial charge is 0.260 e. The van der Waals surface area contributed by atoms with Gasteiger partial charge >= 0.3 is 0 Å². The molecule has 1 amide bonds. The average molecular weight is 517 g/mol. The maximum Gasteiger partial charge on any atom is 0.260 e. The first kappa shape index (κ1) is 25.7. The summed E-state index contributed by atoms with van der Waals surface area (Å²) in [5, 5.41) is 0.630. The van der Waals surface area contributed by atoms with Crippen molar-refractivity contribution < 1.29 is 17.9 Å². The highest BCUT2D eigenvalue weighted by Crippen LogP contribution is 2.30. The van der Waals surface area contributed by atoms with E-state index in [4.69, 9.17) is 9.72 Å². The van der Waals surface area contributed by atoms with Crippen molar-refractivity contribution in [1.82, 2.24) is 14.2 Å². The van der Waals surface area contributed by atoms with Gasteiger partial charge in [-0.15, -0.1) is 0 Å². The van der Waals surface area contributed by atoms with Gasteiger partial charge in [0.25, 0.3) is 5.91 Å². The van der Waals surface area contributed by atoms with E-state index < -0.39 is 10.0 Å². The third-order valence-corrected chi connectivity index (χ3v) is 8.95. The Bertz CT molecular complexity index is 1280. The zero-order valence-electron chi connectivity index (χ0n) is 20.6. The van der Waals surface area contributed by atoms with Crippen LogP contribution in [0.15, 0.2) is 47.4 Å². The van der Waals surface area contributed by atoms with Gasteiger partial charge in [-0.2, -0.15) is 4.31 Å². The number of likely N-dealkylation sites (N-methyl/N-ethyl adjacent to an activating group) is 2. The zero-order chi connectivity index (χ0) is 25.2. The van der Waals surface area contributed by atoms with Crippen LogP contribution < -0.4 is 4.90 Å². The van der Waals surface area contributed by atoms with Crippen LogP contribution in [0.3, 0.4) is 0 Å². The van der Waals surface area contributed by atoms with Crippen LogP contribution in [0.4, 0.5) is 5.13 Å². The number of hydrogen-bond acceptors (Lipinski definition) is 7. The van der Waals surface area contributed by atoms with Crippen LogP contribution in [-0.2, 0) is 14.8 Å². The Morgan fingerprint density at radius 2 is 1.86 bits per heavy atom. The van der Waals surface area contributed by atoms with Gasteiger partial charge in [-0.25, -0.2) is 13.4 Å². The van der Waals surface area contributed by atoms with Crippen molar-refractivity contribution in [2.45, 2.75) is 30.8 Å². The standard InChI is InChI=1S/C25H32N4O4S2/c1-18-7-12-22-23(16-18)34-25(26-22)29(14-13-27(2)3)24(30)19-8-10-21(11-9-19)35(31,32)28(4)17-20-6-5-15-33-20/h7-12,16,20H,5-6,13-15,17H2,1-4H3/t20-/m1/s1. The van der Waals surface area contributed by atoms with Crippen LogP contribution >= 0.6 is 11.3 Å². The lowest BCUT2D eigenvalue weighted by Gasteiger charge is -2.22. The summed E-state index contributed by atoms with van der Waals surface area (Å²) in [5.74, 6) is -0.209. The van der Waals surface area contributed by atoms with Crippen LogP contribution in [0, 0.1) is 6.92 Å². The molecule has 1 aromatic heterocycles. The third kappa shape index (κ3) is 5.90. The number of sulfonamides is 1. The predicted molar refractivity (Wildman–Crippen MR) is 140 cm³/mol. The maximum atomic E-state index is 13.5. The molecule has 0 unspecified atom stereocenters. The SMILES string of the molecule is Cc1ccc2nc(N(CCN(C)C)C(=O)c3ccc(S(=O)(=O)N(C)C[C@H]4CCCO4)cc3)sc2c1. The fourth-order valence-electron chi connectivity index (χ4n) is 4.00. The second-order valence-corrected chi connectivity index (χ2v) is 12.2. The number of ether oxygens (including phenoxy) is 1. The highest BCUT2D eigenvalue weighted by molar-refractivity contribution is 7.89. The van der Waals surface area contributed by atoms with Gasteiger partial charge in [0.15, 0.2) is 5.13 Å². The van der Waals surface area contributed by atoms with E-state index in [2.05, 4.69) is 6.07 Å². The first-order valence-corrected chi connectivity index (χ1v) is 13.9. The predicted octanol–water partition coefficient (Wildman–Crippen LogP) is 3.61. The molecule has 35 heavy (non-hydrogen) atoms. The normalized spacial score (nSPS) is 16.5. The van der Waals surface area contributed by atoms with Crippen LogP contribution in [0.2, 0.25) is 0 Å². The molecule has 1 saturated heterocycles. The molecule has 2 aromatic carbocycles. The van der Waals surface area contributed by atoms with Gasteiger partial charge in [0.05, 0.1) is 21.2 Å². The Labute approximate surface area is 211 Å². The molecular weight excluding hydrogens is 484 g/mol. The molecule has 8 nitrogen and oxygen atoms in total. The molecule has 1 fully saturated rings. The summed E-state index contributed by atoms with van der Waals surface area (Å²) in [7, 11) is 1.80. The van der Waals surface area contributed by atoms with E-state index in [1.165, 1.54) is 27.8 Å². The van der Waals surface area contributed by atoms with Crippen molar-refractivity contribution in [1.29, 1.82) is 0 Å². The van der Waals surface area contributed by atoms with Crippen molar-refractivity contribution in [3.8, 4) is 0 Å². The summed E-state index contributed by atoms with van der Waals surface area (Å²) in [6.07, 6.45) is 1.74. The number of nitrogens with zero attached hydrogens (tertiary/aromatic N) is 4. The lowest BCUT2D eigenvalue weighted by molar-refractivity contribution is 0.0978. The van der Waals surface area contributed by atoms with E-state index in [1.54, 1.807) is 24.1 Å². The average Bonchev–Trinajstić information content (AvgIpc) is 3.48. The lowest BCUT2D eigenvalue weighted by atomic mass is 10.2. The maximum absolute atomic E-state index is 13.5. The van der Waals surface area contributed by atoms with Gasteiger partial charge < -0.3 is 9.64 Å². The van der Waals surface area contributed by atoms with Crippen molar-refractivity contribution in [2.75, 3.05) is 52.3 Å². The van der Waals surface area contributed by atoms with E-state index in [0.29, 0.717) is 36.9 Å². The monoisotopic (exact) mass is 516 g/mol. The molecule has 0 bridgehead atoms. The summed E-state index contributed by atoms with van der Waals surface area (Å²) in [5.41, 5.74) is 2.41. The minimum absolute atomic E-state index is 0.0709. The van der Waals surface area contributed by atoms with Crippen molar-refractivity contribution in [3.63, 3.8) is 0 Å². The Morgan fingerprint density at radius 3 is 2.51 bits per heavy atom. The van der Waals surface area contributed by atoms with Crippen LogP contribution in [0.5, 0.6) is 0 Å². The number of thiazole rings is 1. The molecule has 1 aliphatic rings. The van der Waals surface area contributed by atoms with E-state index >= 15 is 0 Å². The number of aryl methyl sites for hydroxylation is 1. The Kier molecular flexibility index (Phi) is 7.87. The minimum atomic E-state index is -3.67. The van der Waals surface area contributed by atoms with E-state index in [-0.39, 0.29) is 16.9 Å². The van der Waals surface area contributed by atoms with E-state index in [1.807, 2.05) is 38.1 Å². The Hall–Kier alpha value is -2.37. The number of benzene rings is 2. The second-order valence-electron chi connectivity index (χ2n) is 9.17. The second kappa shape index (κ2) is 10.7. The first-order valence-electron chi connectivity index (χ1n) is 11.7. The molecule has 1 atom stereocenters. The zero-order valence-corrected chi connectivity index (χ0v) is 22.2. The first-order chi connectivity index (χ1) is 16.6. The van der Waals surface area contributed by atoms with Crippen LogP contribution in [0.25, 0.3) is 10.2 Å². The lowest BCUT2D eigenvalue weighted by Crippen LogP contribution is -2.37. The molecule has 0 aliphatic carbocycles. The largest absolute Gasteiger partial charge is 0.377 e. The number of carbonyl (C=O) groups excluding carboxylic acids is 1. The quantitative estimate of drug-likeness (QED) is 0.432. The molecular formula is C25H32N4O4S2. The number of hydrogen-bond donors (Lipinski definition) is 0. The van der Waals surface area contributed by atoms with Gasteiger partial charge in [0.2, 0.25) is 10.0 Å². The number of aromatic nitrogens is 1. The highest BCUT2D eigenvalue weighted by atomic mass is 32.2. The van der Waals surface area contributed by atoms with Gasteiger partial charge in [-0.05, 0) is 75.8 Å². The molecule has 1 aliphatic heterocycles. The van der Waals surface area contributed by atoms with Gasteiger partial charge in [0.1, 0.15) is 0 Å². The summed E-state index contributed by atoms with van der Waals surface area (Å²) >= 11 is 1.48. The molecule has 10 heteroatoms. The van der Waals surface area contributed by atoms with Crippen LogP contribution in [-0.4, -0.2) is 82.0 Å². The fraction of sp³-hybridized carbons (Fsp3) is 0.440. The van der Waals surface area contributed by atoms with Crippen molar-refractivity contribution in [2.24, 2.45) is 0 Å². The fourth-order valence-corrected chi connectivity index (χ4v) is 6.29. The molecule has 0 radical (unpaired) electrons. The Morgan fingerprint density at radius 1 is 1.11 bits per heavy atom. The third-order valence-electron chi connectivity index (χ3n) is 6.07. The number of anilines is 1. The van der Waals surface area contributed by atoms with E-state index in [9.17, 15) is 13.2 Å². The van der Waals surface area contributed by atoms with Gasteiger partial charge in [-0.3, -0.25) is 9.69 Å². The molecule has 4 rings (SSSR count). The summed E-state index contributed by atoms with van der Waals surface area (Å²) in [4.78, 5) is 22.1. The van der Waals surface area contributed by atoms with Gasteiger partial charge in [0, 0.05) is 38.9 Å². The molecule has 0 saturated carbocycles. The number of rotatable bonds is 9. The summed E-state index contributed by atoms with van der Waals surface area (Å²) in [6, 6.07) is 12.2. The molecule has 188 valence electrons. The highest BCUT2D eigenvalue weighted by Gasteiger charge is 2.27.